The van der Waals surface area contributed by atoms with E-state index in [9.17, 15) is 19.2 Å². The van der Waals surface area contributed by atoms with Gasteiger partial charge in [-0.05, 0) is 27.2 Å². The molecular weight excluding hydrogens is 340 g/mol. The number of alkyl carbamates (subject to hydrolysis) is 1. The minimum atomic E-state index is -1.51. The number of rotatable bonds is 5. The minimum Gasteiger partial charge on any atom is -0.453 e. The van der Waals surface area contributed by atoms with Gasteiger partial charge in [0.25, 0.3) is 0 Å². The van der Waals surface area contributed by atoms with E-state index >= 15 is 0 Å². The number of ether oxygens (including phenoxy) is 4. The zero-order valence-electron chi connectivity index (χ0n) is 14.8. The fourth-order valence-electron chi connectivity index (χ4n) is 1.28. The van der Waals surface area contributed by atoms with Crippen LogP contribution < -0.4 is 16.2 Å². The molecule has 0 saturated heterocycles. The number of amides is 4. The second-order valence-corrected chi connectivity index (χ2v) is 4.91. The van der Waals surface area contributed by atoms with Gasteiger partial charge in [0.1, 0.15) is 0 Å². The number of carbonyl (C=O) groups excluding carboxylic acids is 4. The quantitative estimate of drug-likeness (QED) is 0.375. The van der Waals surface area contributed by atoms with Crippen molar-refractivity contribution in [1.29, 1.82) is 0 Å². The van der Waals surface area contributed by atoms with Gasteiger partial charge >= 0.3 is 24.4 Å². The Kier molecular flexibility index (Phi) is 9.52. The maximum absolute atomic E-state index is 12.1. The van der Waals surface area contributed by atoms with E-state index < -0.39 is 30.1 Å². The molecule has 0 heterocycles. The third-order valence-corrected chi connectivity index (χ3v) is 2.23. The first-order chi connectivity index (χ1) is 11.6. The molecule has 0 atom stereocenters. The maximum atomic E-state index is 12.1. The highest BCUT2D eigenvalue weighted by molar-refractivity contribution is 5.77. The average Bonchev–Trinajstić information content (AvgIpc) is 2.51. The lowest BCUT2D eigenvalue weighted by Crippen LogP contribution is -2.59. The number of hydrogen-bond donors (Lipinski definition) is 3. The topological polar surface area (TPSA) is 145 Å². The summed E-state index contributed by atoms with van der Waals surface area (Å²) in [4.78, 5) is 46.4. The normalized spacial score (nSPS) is 10.1. The monoisotopic (exact) mass is 364 g/mol. The van der Waals surface area contributed by atoms with Crippen LogP contribution in [0.25, 0.3) is 0 Å². The van der Waals surface area contributed by atoms with E-state index in [0.717, 1.165) is 7.11 Å². The predicted molar refractivity (Wildman–Crippen MR) is 82.9 cm³/mol. The van der Waals surface area contributed by atoms with Crippen LogP contribution in [0.15, 0.2) is 0 Å². The molecule has 4 amide bonds. The highest BCUT2D eigenvalue weighted by atomic mass is 16.6. The summed E-state index contributed by atoms with van der Waals surface area (Å²) < 4.78 is 18.8. The van der Waals surface area contributed by atoms with Gasteiger partial charge in [0.05, 0.1) is 20.3 Å². The Labute approximate surface area is 145 Å². The molecule has 0 unspecified atom stereocenters. The summed E-state index contributed by atoms with van der Waals surface area (Å²) in [7, 11) is 1.13. The van der Waals surface area contributed by atoms with E-state index in [0.29, 0.717) is 11.5 Å². The van der Waals surface area contributed by atoms with Crippen LogP contribution in [0, 0.1) is 0 Å². The summed E-state index contributed by atoms with van der Waals surface area (Å²) in [6, 6.07) is 0. The molecule has 12 heteroatoms. The van der Waals surface area contributed by atoms with Crippen molar-refractivity contribution in [2.75, 3.05) is 20.3 Å². The molecule has 0 aliphatic rings. The molecule has 0 fully saturated rings. The van der Waals surface area contributed by atoms with Crippen molar-refractivity contribution in [1.82, 2.24) is 21.3 Å². The van der Waals surface area contributed by atoms with Crippen molar-refractivity contribution in [3.05, 3.63) is 0 Å². The predicted octanol–water partition coefficient (Wildman–Crippen LogP) is 1.23. The number of hydrazine groups is 2. The molecule has 0 aromatic carbocycles. The van der Waals surface area contributed by atoms with Crippen LogP contribution in [0.1, 0.15) is 34.1 Å². The Morgan fingerprint density at radius 3 is 2.00 bits per heavy atom. The van der Waals surface area contributed by atoms with E-state index in [-0.39, 0.29) is 13.2 Å². The molecule has 0 radical (unpaired) electrons. The van der Waals surface area contributed by atoms with Gasteiger partial charge < -0.3 is 18.9 Å². The second kappa shape index (κ2) is 10.8. The molecule has 0 aliphatic heterocycles. The second-order valence-electron chi connectivity index (χ2n) is 4.91. The van der Waals surface area contributed by atoms with Crippen LogP contribution in [0.3, 0.4) is 0 Å². The first-order valence-electron chi connectivity index (χ1n) is 7.41. The Bertz CT molecular complexity index is 483. The molecule has 0 aromatic heterocycles. The summed E-state index contributed by atoms with van der Waals surface area (Å²) in [5, 5.41) is 2.57. The van der Waals surface area contributed by atoms with Gasteiger partial charge in [-0.3, -0.25) is 5.32 Å². The lowest BCUT2D eigenvalue weighted by atomic mass is 10.3. The average molecular weight is 364 g/mol. The van der Waals surface area contributed by atoms with Gasteiger partial charge in [-0.2, -0.15) is 0 Å². The fraction of sp³-hybridized carbons (Fsp3) is 0.692. The summed E-state index contributed by atoms with van der Waals surface area (Å²) >= 11 is 0. The zero-order chi connectivity index (χ0) is 19.5. The standard InChI is InChI=1S/C13H24N4O8/c1-6-8-24-11(20)16-17(15-10(19)23-7-2)12(21)25-13(3,4)14-9(18)22-5/h6-8H2,1-5H3,(H,14,18)(H,15,19)(H,16,20). The van der Waals surface area contributed by atoms with Crippen molar-refractivity contribution in [3.8, 4) is 0 Å². The molecule has 0 rings (SSSR count). The first-order valence-corrected chi connectivity index (χ1v) is 7.41. The van der Waals surface area contributed by atoms with Crippen LogP contribution in [0.2, 0.25) is 0 Å². The van der Waals surface area contributed by atoms with Gasteiger partial charge in [-0.1, -0.05) is 6.92 Å². The Morgan fingerprint density at radius 1 is 0.960 bits per heavy atom. The molecule has 144 valence electrons. The van der Waals surface area contributed by atoms with E-state index in [2.05, 4.69) is 14.8 Å². The summed E-state index contributed by atoms with van der Waals surface area (Å²) in [6.45, 7) is 6.15. The van der Waals surface area contributed by atoms with Crippen LogP contribution in [0.4, 0.5) is 19.2 Å². The number of nitrogens with one attached hydrogen (secondary N) is 3. The highest BCUT2D eigenvalue weighted by Gasteiger charge is 2.30. The van der Waals surface area contributed by atoms with E-state index in [1.165, 1.54) is 13.8 Å². The first kappa shape index (κ1) is 22.1. The van der Waals surface area contributed by atoms with E-state index in [4.69, 9.17) is 9.47 Å². The summed E-state index contributed by atoms with van der Waals surface area (Å²) in [5.41, 5.74) is 2.42. The molecule has 0 spiro atoms. The van der Waals surface area contributed by atoms with Gasteiger partial charge in [0.2, 0.25) is 0 Å². The minimum absolute atomic E-state index is 0.0321. The Morgan fingerprint density at radius 2 is 1.52 bits per heavy atom. The molecule has 0 saturated carbocycles. The smallest absolute Gasteiger partial charge is 0.451 e. The van der Waals surface area contributed by atoms with Gasteiger partial charge in [0.15, 0.2) is 5.72 Å². The molecule has 0 aliphatic carbocycles. The molecule has 0 aromatic rings. The number of carbonyl (C=O) groups is 4. The maximum Gasteiger partial charge on any atom is 0.451 e. The van der Waals surface area contributed by atoms with Crippen LogP contribution in [-0.2, 0) is 18.9 Å². The lowest BCUT2D eigenvalue weighted by molar-refractivity contribution is -0.0254. The van der Waals surface area contributed by atoms with Crippen molar-refractivity contribution < 1.29 is 38.1 Å². The SMILES string of the molecule is CCCOC(=O)NN(NC(=O)OCC)C(=O)OC(C)(C)NC(=O)OC. The van der Waals surface area contributed by atoms with Crippen LogP contribution in [-0.4, -0.2) is 55.5 Å². The largest absolute Gasteiger partial charge is 0.453 e. The highest BCUT2D eigenvalue weighted by Crippen LogP contribution is 2.07. The van der Waals surface area contributed by atoms with Crippen molar-refractivity contribution in [2.45, 2.75) is 39.8 Å². The van der Waals surface area contributed by atoms with Gasteiger partial charge in [-0.25, -0.2) is 30.0 Å². The summed E-state index contributed by atoms with van der Waals surface area (Å²) in [5.74, 6) is 0. The molecule has 3 N–H and O–H groups in total. The van der Waals surface area contributed by atoms with Crippen LogP contribution >= 0.6 is 0 Å². The van der Waals surface area contributed by atoms with Crippen molar-refractivity contribution in [2.24, 2.45) is 0 Å². The lowest BCUT2D eigenvalue weighted by Gasteiger charge is -2.29. The number of methoxy groups -OCH3 is 1. The zero-order valence-corrected chi connectivity index (χ0v) is 14.8. The van der Waals surface area contributed by atoms with Crippen LogP contribution in [0.5, 0.6) is 0 Å². The van der Waals surface area contributed by atoms with Gasteiger partial charge in [-0.15, -0.1) is 5.12 Å². The number of nitrogens with zero attached hydrogens (tertiary/aromatic N) is 1. The Balaban J connectivity index is 4.97. The molecule has 12 nitrogen and oxygen atoms in total. The van der Waals surface area contributed by atoms with E-state index in [1.807, 2.05) is 10.9 Å². The molecule has 0 bridgehead atoms. The molecule has 25 heavy (non-hydrogen) atoms. The third kappa shape index (κ3) is 9.73. The van der Waals surface area contributed by atoms with Crippen molar-refractivity contribution in [3.63, 3.8) is 0 Å². The summed E-state index contributed by atoms with van der Waals surface area (Å²) in [6.07, 6.45) is -3.54. The fourth-order valence-corrected chi connectivity index (χ4v) is 1.28. The van der Waals surface area contributed by atoms with E-state index in [1.54, 1.807) is 13.8 Å². The van der Waals surface area contributed by atoms with Crippen molar-refractivity contribution >= 4 is 24.4 Å². The number of hydrogen-bond acceptors (Lipinski definition) is 8. The van der Waals surface area contributed by atoms with Gasteiger partial charge in [0, 0.05) is 0 Å². The molecular formula is C13H24N4O8. The third-order valence-electron chi connectivity index (χ3n) is 2.23. The Hall–Kier alpha value is -2.92.